The number of hydrogen-bond acceptors (Lipinski definition) is 5. The summed E-state index contributed by atoms with van der Waals surface area (Å²) in [5.41, 5.74) is -0.538. The number of aromatic nitrogens is 1. The van der Waals surface area contributed by atoms with Crippen LogP contribution in [0.2, 0.25) is 5.15 Å². The minimum Gasteiger partial charge on any atom is -0.396 e. The van der Waals surface area contributed by atoms with Crippen molar-refractivity contribution in [1.29, 1.82) is 0 Å². The summed E-state index contributed by atoms with van der Waals surface area (Å²) in [6.07, 6.45) is 3.46. The van der Waals surface area contributed by atoms with E-state index in [4.69, 9.17) is 16.7 Å². The molecule has 1 saturated carbocycles. The van der Waals surface area contributed by atoms with Crippen LogP contribution in [-0.4, -0.2) is 34.1 Å². The van der Waals surface area contributed by atoms with Crippen LogP contribution in [0, 0.1) is 15.5 Å². The third-order valence-electron chi connectivity index (χ3n) is 3.51. The molecule has 0 spiro atoms. The number of aliphatic hydroxyl groups excluding tert-OH is 1. The summed E-state index contributed by atoms with van der Waals surface area (Å²) >= 11 is 5.67. The second kappa shape index (κ2) is 5.72. The van der Waals surface area contributed by atoms with Gasteiger partial charge in [-0.1, -0.05) is 11.6 Å². The van der Waals surface area contributed by atoms with Crippen molar-refractivity contribution in [3.8, 4) is 0 Å². The number of nitro groups is 1. The third kappa shape index (κ3) is 3.23. The van der Waals surface area contributed by atoms with Crippen molar-refractivity contribution in [2.75, 3.05) is 13.2 Å². The molecule has 1 fully saturated rings. The molecule has 0 aromatic carbocycles. The zero-order chi connectivity index (χ0) is 14.8. The van der Waals surface area contributed by atoms with E-state index in [2.05, 4.69) is 10.3 Å². The Bertz CT molecular complexity index is 546. The topological polar surface area (TPSA) is 105 Å². The fourth-order valence-corrected chi connectivity index (χ4v) is 2.20. The first-order valence-electron chi connectivity index (χ1n) is 6.16. The van der Waals surface area contributed by atoms with Gasteiger partial charge in [-0.2, -0.15) is 0 Å². The Hall–Kier alpha value is -1.73. The van der Waals surface area contributed by atoms with Crippen LogP contribution in [0.1, 0.15) is 29.6 Å². The normalized spacial score (nSPS) is 15.7. The van der Waals surface area contributed by atoms with Crippen molar-refractivity contribution in [2.24, 2.45) is 5.41 Å². The highest BCUT2D eigenvalue weighted by Gasteiger charge is 2.42. The Morgan fingerprint density at radius 2 is 2.30 bits per heavy atom. The molecule has 0 bridgehead atoms. The molecule has 0 saturated heterocycles. The molecular formula is C12H14ClN3O4. The lowest BCUT2D eigenvalue weighted by Gasteiger charge is -2.14. The second-order valence-corrected chi connectivity index (χ2v) is 5.32. The van der Waals surface area contributed by atoms with E-state index < -0.39 is 10.8 Å². The van der Waals surface area contributed by atoms with Gasteiger partial charge in [0.05, 0.1) is 4.92 Å². The fourth-order valence-electron chi connectivity index (χ4n) is 2.04. The highest BCUT2D eigenvalue weighted by Crippen LogP contribution is 2.47. The molecule has 1 aromatic heterocycles. The molecule has 0 aliphatic heterocycles. The summed E-state index contributed by atoms with van der Waals surface area (Å²) in [6.45, 7) is 0.459. The van der Waals surface area contributed by atoms with E-state index in [0.29, 0.717) is 13.0 Å². The molecule has 0 atom stereocenters. The summed E-state index contributed by atoms with van der Waals surface area (Å²) in [5.74, 6) is -0.551. The molecule has 1 heterocycles. The zero-order valence-corrected chi connectivity index (χ0v) is 11.4. The summed E-state index contributed by atoms with van der Waals surface area (Å²) in [4.78, 5) is 25.8. The van der Waals surface area contributed by atoms with E-state index in [1.807, 2.05) is 0 Å². The highest BCUT2D eigenvalue weighted by atomic mass is 35.5. The van der Waals surface area contributed by atoms with Gasteiger partial charge in [0.1, 0.15) is 16.9 Å². The lowest BCUT2D eigenvalue weighted by molar-refractivity contribution is -0.385. The molecule has 8 heteroatoms. The van der Waals surface area contributed by atoms with Gasteiger partial charge < -0.3 is 10.4 Å². The summed E-state index contributed by atoms with van der Waals surface area (Å²) in [5, 5.41) is 22.5. The van der Waals surface area contributed by atoms with Crippen LogP contribution < -0.4 is 5.32 Å². The maximum Gasteiger partial charge on any atom is 0.300 e. The molecule has 20 heavy (non-hydrogen) atoms. The number of nitrogens with zero attached hydrogens (tertiary/aromatic N) is 2. The van der Waals surface area contributed by atoms with Crippen molar-refractivity contribution in [2.45, 2.75) is 19.3 Å². The highest BCUT2D eigenvalue weighted by molar-refractivity contribution is 6.29. The zero-order valence-electron chi connectivity index (χ0n) is 10.6. The molecule has 0 radical (unpaired) electrons. The number of aliphatic hydroxyl groups is 1. The summed E-state index contributed by atoms with van der Waals surface area (Å²) in [7, 11) is 0. The van der Waals surface area contributed by atoms with E-state index in [9.17, 15) is 14.9 Å². The van der Waals surface area contributed by atoms with Gasteiger partial charge in [-0.15, -0.1) is 0 Å². The lowest BCUT2D eigenvalue weighted by atomic mass is 10.0. The van der Waals surface area contributed by atoms with Crippen LogP contribution in [0.25, 0.3) is 0 Å². The number of halogens is 1. The van der Waals surface area contributed by atoms with Crippen molar-refractivity contribution >= 4 is 23.2 Å². The van der Waals surface area contributed by atoms with E-state index in [1.165, 1.54) is 6.07 Å². The second-order valence-electron chi connectivity index (χ2n) is 4.94. The van der Waals surface area contributed by atoms with Gasteiger partial charge in [0.25, 0.3) is 11.6 Å². The van der Waals surface area contributed by atoms with Crippen LogP contribution in [0.4, 0.5) is 5.69 Å². The fraction of sp³-hybridized carbons (Fsp3) is 0.500. The molecule has 1 aromatic rings. The van der Waals surface area contributed by atoms with Crippen molar-refractivity contribution in [3.63, 3.8) is 0 Å². The first-order chi connectivity index (χ1) is 9.47. The number of amides is 1. The van der Waals surface area contributed by atoms with Gasteiger partial charge in [0, 0.05) is 13.2 Å². The minimum absolute atomic E-state index is 0.0252. The smallest absolute Gasteiger partial charge is 0.300 e. The average molecular weight is 300 g/mol. The van der Waals surface area contributed by atoms with Gasteiger partial charge >= 0.3 is 0 Å². The monoisotopic (exact) mass is 299 g/mol. The minimum atomic E-state index is -0.668. The third-order valence-corrected chi connectivity index (χ3v) is 3.72. The molecule has 108 valence electrons. The molecule has 2 N–H and O–H groups in total. The van der Waals surface area contributed by atoms with Gasteiger partial charge in [0.15, 0.2) is 0 Å². The van der Waals surface area contributed by atoms with E-state index in [1.54, 1.807) is 0 Å². The standard InChI is InChI=1S/C12H14ClN3O4/c13-10-5-8(9(6-14-10)16(19)20)11(18)15-7-12(1-2-12)3-4-17/h5-6,17H,1-4,7H2,(H,15,18). The van der Waals surface area contributed by atoms with Gasteiger partial charge in [-0.25, -0.2) is 4.98 Å². The predicted molar refractivity (Wildman–Crippen MR) is 71.6 cm³/mol. The van der Waals surface area contributed by atoms with E-state index >= 15 is 0 Å². The van der Waals surface area contributed by atoms with E-state index in [0.717, 1.165) is 19.0 Å². The van der Waals surface area contributed by atoms with Crippen molar-refractivity contribution in [3.05, 3.63) is 33.1 Å². The number of nitrogens with one attached hydrogen (secondary N) is 1. The Morgan fingerprint density at radius 3 is 2.85 bits per heavy atom. The Balaban J connectivity index is 2.09. The lowest BCUT2D eigenvalue weighted by Crippen LogP contribution is -2.31. The van der Waals surface area contributed by atoms with Gasteiger partial charge in [-0.3, -0.25) is 14.9 Å². The molecule has 1 aliphatic rings. The van der Waals surface area contributed by atoms with Crippen LogP contribution in [0.3, 0.4) is 0 Å². The van der Waals surface area contributed by atoms with Gasteiger partial charge in [-0.05, 0) is 30.7 Å². The number of carbonyl (C=O) groups is 1. The molecule has 7 nitrogen and oxygen atoms in total. The average Bonchev–Trinajstić information content (AvgIpc) is 3.16. The summed E-state index contributed by atoms with van der Waals surface area (Å²) in [6, 6.07) is 1.18. The van der Waals surface area contributed by atoms with E-state index in [-0.39, 0.29) is 28.4 Å². The maximum atomic E-state index is 12.0. The van der Waals surface area contributed by atoms with Crippen molar-refractivity contribution < 1.29 is 14.8 Å². The van der Waals surface area contributed by atoms with Crippen LogP contribution in [0.15, 0.2) is 12.3 Å². The summed E-state index contributed by atoms with van der Waals surface area (Å²) < 4.78 is 0. The first-order valence-corrected chi connectivity index (χ1v) is 6.54. The number of pyridine rings is 1. The first kappa shape index (κ1) is 14.7. The predicted octanol–water partition coefficient (Wildman–Crippen LogP) is 1.54. The van der Waals surface area contributed by atoms with Crippen LogP contribution in [0.5, 0.6) is 0 Å². The molecular weight excluding hydrogens is 286 g/mol. The maximum absolute atomic E-state index is 12.0. The largest absolute Gasteiger partial charge is 0.396 e. The Labute approximate surface area is 120 Å². The Morgan fingerprint density at radius 1 is 1.60 bits per heavy atom. The number of carbonyl (C=O) groups excluding carboxylic acids is 1. The molecule has 2 rings (SSSR count). The van der Waals surface area contributed by atoms with Gasteiger partial charge in [0.2, 0.25) is 0 Å². The molecule has 1 amide bonds. The number of hydrogen-bond donors (Lipinski definition) is 2. The Kier molecular flexibility index (Phi) is 4.20. The van der Waals surface area contributed by atoms with Crippen LogP contribution in [-0.2, 0) is 0 Å². The quantitative estimate of drug-likeness (QED) is 0.471. The molecule has 1 aliphatic carbocycles. The van der Waals surface area contributed by atoms with Crippen LogP contribution >= 0.6 is 11.6 Å². The SMILES string of the molecule is O=C(NCC1(CCO)CC1)c1cc(Cl)ncc1[N+](=O)[O-]. The molecule has 0 unspecified atom stereocenters. The van der Waals surface area contributed by atoms with Crippen molar-refractivity contribution in [1.82, 2.24) is 10.3 Å². The number of rotatable bonds is 6.